The van der Waals surface area contributed by atoms with E-state index >= 15 is 0 Å². The van der Waals surface area contributed by atoms with Crippen molar-refractivity contribution >= 4 is 17.4 Å². The number of anilines is 1. The Morgan fingerprint density at radius 1 is 1.37 bits per heavy atom. The van der Waals surface area contributed by atoms with Crippen LogP contribution in [0.15, 0.2) is 12.1 Å². The van der Waals surface area contributed by atoms with Crippen LogP contribution in [-0.2, 0) is 6.54 Å². The molecule has 19 heavy (non-hydrogen) atoms. The van der Waals surface area contributed by atoms with Crippen LogP contribution in [0.1, 0.15) is 38.3 Å². The number of aromatic nitrogens is 1. The summed E-state index contributed by atoms with van der Waals surface area (Å²) in [6.45, 7) is 5.24. The molecule has 1 aromatic rings. The van der Waals surface area contributed by atoms with Gasteiger partial charge in [-0.1, -0.05) is 31.4 Å². The fraction of sp³-hybridized carbons (Fsp3) is 0.667. The second kappa shape index (κ2) is 7.11. The van der Waals surface area contributed by atoms with Crippen molar-refractivity contribution in [2.24, 2.45) is 5.92 Å². The molecule has 1 aromatic heterocycles. The fourth-order valence-electron chi connectivity index (χ4n) is 2.80. The van der Waals surface area contributed by atoms with Crippen molar-refractivity contribution in [3.8, 4) is 0 Å². The zero-order valence-electron chi connectivity index (χ0n) is 12.0. The zero-order valence-corrected chi connectivity index (χ0v) is 12.7. The molecule has 2 rings (SSSR count). The van der Waals surface area contributed by atoms with E-state index in [2.05, 4.69) is 22.1 Å². The molecule has 0 unspecified atom stereocenters. The number of hydrogen-bond acceptors (Lipinski definition) is 3. The minimum Gasteiger partial charge on any atom is -0.357 e. The second-order valence-electron chi connectivity index (χ2n) is 5.35. The zero-order chi connectivity index (χ0) is 13.7. The summed E-state index contributed by atoms with van der Waals surface area (Å²) >= 11 is 6.16. The summed E-state index contributed by atoms with van der Waals surface area (Å²) in [6.07, 6.45) is 5.25. The Balaban J connectivity index is 2.01. The lowest BCUT2D eigenvalue weighted by molar-refractivity contribution is 0.377. The Labute approximate surface area is 121 Å². The van der Waals surface area contributed by atoms with Crippen LogP contribution >= 0.6 is 11.6 Å². The highest BCUT2D eigenvalue weighted by molar-refractivity contribution is 6.31. The van der Waals surface area contributed by atoms with E-state index in [1.807, 2.05) is 19.2 Å². The van der Waals surface area contributed by atoms with Crippen molar-refractivity contribution in [3.05, 3.63) is 22.8 Å². The van der Waals surface area contributed by atoms with Crippen molar-refractivity contribution < 1.29 is 0 Å². The van der Waals surface area contributed by atoms with E-state index in [4.69, 9.17) is 11.6 Å². The van der Waals surface area contributed by atoms with Crippen LogP contribution < -0.4 is 10.2 Å². The lowest BCUT2D eigenvalue weighted by Gasteiger charge is -2.33. The standard InChI is InChI=1S/C15H24ClN3/c1-3-4-12-7-9-19(10-8-12)15-6-5-13(16)14(18-15)11-17-2/h5-6,12,17H,3-4,7-11H2,1-2H3. The lowest BCUT2D eigenvalue weighted by atomic mass is 9.92. The molecule has 0 aromatic carbocycles. The molecule has 1 fully saturated rings. The third-order valence-electron chi connectivity index (χ3n) is 3.88. The van der Waals surface area contributed by atoms with E-state index in [1.54, 1.807) is 0 Å². The highest BCUT2D eigenvalue weighted by atomic mass is 35.5. The number of hydrogen-bond donors (Lipinski definition) is 1. The Bertz CT molecular complexity index is 400. The van der Waals surface area contributed by atoms with Gasteiger partial charge in [-0.05, 0) is 37.9 Å². The SMILES string of the molecule is CCCC1CCN(c2ccc(Cl)c(CNC)n2)CC1. The molecule has 0 radical (unpaired) electrons. The van der Waals surface area contributed by atoms with Gasteiger partial charge in [-0.3, -0.25) is 0 Å². The molecule has 1 aliphatic heterocycles. The van der Waals surface area contributed by atoms with Crippen LogP contribution in [0.4, 0.5) is 5.82 Å². The van der Waals surface area contributed by atoms with E-state index in [9.17, 15) is 0 Å². The lowest BCUT2D eigenvalue weighted by Crippen LogP contribution is -2.34. The molecule has 1 N–H and O–H groups in total. The number of halogens is 1. The summed E-state index contributed by atoms with van der Waals surface area (Å²) in [5.41, 5.74) is 0.942. The predicted molar refractivity (Wildman–Crippen MR) is 81.9 cm³/mol. The van der Waals surface area contributed by atoms with E-state index in [0.29, 0.717) is 0 Å². The molecule has 106 valence electrons. The van der Waals surface area contributed by atoms with Gasteiger partial charge in [-0.2, -0.15) is 0 Å². The second-order valence-corrected chi connectivity index (χ2v) is 5.75. The maximum atomic E-state index is 6.16. The summed E-state index contributed by atoms with van der Waals surface area (Å²) in [5, 5.41) is 3.86. The van der Waals surface area contributed by atoms with E-state index in [1.165, 1.54) is 25.7 Å². The number of nitrogens with zero attached hydrogens (tertiary/aromatic N) is 2. The van der Waals surface area contributed by atoms with Gasteiger partial charge in [-0.25, -0.2) is 4.98 Å². The van der Waals surface area contributed by atoms with Crippen molar-refractivity contribution in [1.82, 2.24) is 10.3 Å². The van der Waals surface area contributed by atoms with Crippen LogP contribution in [0.2, 0.25) is 5.02 Å². The molecule has 0 atom stereocenters. The monoisotopic (exact) mass is 281 g/mol. The first-order valence-corrected chi connectivity index (χ1v) is 7.67. The minimum atomic E-state index is 0.721. The molecule has 0 spiro atoms. The van der Waals surface area contributed by atoms with Gasteiger partial charge in [0.05, 0.1) is 10.7 Å². The normalized spacial score (nSPS) is 16.9. The average Bonchev–Trinajstić information content (AvgIpc) is 2.43. The molecular formula is C15H24ClN3. The highest BCUT2D eigenvalue weighted by Gasteiger charge is 2.19. The minimum absolute atomic E-state index is 0.721. The van der Waals surface area contributed by atoms with Crippen LogP contribution in [0.5, 0.6) is 0 Å². The number of piperidine rings is 1. The average molecular weight is 282 g/mol. The predicted octanol–water partition coefficient (Wildman–Crippen LogP) is 3.47. The summed E-state index contributed by atoms with van der Waals surface area (Å²) in [7, 11) is 1.92. The van der Waals surface area contributed by atoms with Crippen molar-refractivity contribution in [2.45, 2.75) is 39.2 Å². The van der Waals surface area contributed by atoms with Gasteiger partial charge in [0.2, 0.25) is 0 Å². The number of rotatable bonds is 5. The van der Waals surface area contributed by atoms with Crippen LogP contribution in [0.25, 0.3) is 0 Å². The first-order valence-electron chi connectivity index (χ1n) is 7.29. The highest BCUT2D eigenvalue weighted by Crippen LogP contribution is 2.26. The van der Waals surface area contributed by atoms with Crippen molar-refractivity contribution in [1.29, 1.82) is 0 Å². The Hall–Kier alpha value is -0.800. The van der Waals surface area contributed by atoms with Gasteiger partial charge in [0.25, 0.3) is 0 Å². The molecular weight excluding hydrogens is 258 g/mol. The largest absolute Gasteiger partial charge is 0.357 e. The molecule has 2 heterocycles. The molecule has 4 heteroatoms. The van der Waals surface area contributed by atoms with Crippen molar-refractivity contribution in [3.63, 3.8) is 0 Å². The third kappa shape index (κ3) is 3.83. The fourth-order valence-corrected chi connectivity index (χ4v) is 2.97. The Kier molecular flexibility index (Phi) is 5.46. The quantitative estimate of drug-likeness (QED) is 0.896. The summed E-state index contributed by atoms with van der Waals surface area (Å²) in [6, 6.07) is 4.01. The van der Waals surface area contributed by atoms with Crippen LogP contribution in [0.3, 0.4) is 0 Å². The molecule has 3 nitrogen and oxygen atoms in total. The summed E-state index contributed by atoms with van der Waals surface area (Å²) in [4.78, 5) is 7.08. The van der Waals surface area contributed by atoms with Crippen LogP contribution in [0, 0.1) is 5.92 Å². The van der Waals surface area contributed by atoms with Gasteiger partial charge in [0.1, 0.15) is 5.82 Å². The summed E-state index contributed by atoms with van der Waals surface area (Å²) < 4.78 is 0. The van der Waals surface area contributed by atoms with E-state index in [-0.39, 0.29) is 0 Å². The molecule has 0 amide bonds. The van der Waals surface area contributed by atoms with E-state index in [0.717, 1.165) is 42.1 Å². The van der Waals surface area contributed by atoms with Gasteiger partial charge in [0, 0.05) is 19.6 Å². The van der Waals surface area contributed by atoms with Crippen LogP contribution in [-0.4, -0.2) is 25.1 Å². The van der Waals surface area contributed by atoms with Gasteiger partial charge in [-0.15, -0.1) is 0 Å². The number of nitrogens with one attached hydrogen (secondary N) is 1. The van der Waals surface area contributed by atoms with Crippen molar-refractivity contribution in [2.75, 3.05) is 25.0 Å². The third-order valence-corrected chi connectivity index (χ3v) is 4.23. The van der Waals surface area contributed by atoms with Gasteiger partial charge < -0.3 is 10.2 Å². The Morgan fingerprint density at radius 2 is 2.11 bits per heavy atom. The molecule has 1 saturated heterocycles. The number of pyridine rings is 1. The molecule has 0 saturated carbocycles. The van der Waals surface area contributed by atoms with Gasteiger partial charge in [0.15, 0.2) is 0 Å². The summed E-state index contributed by atoms with van der Waals surface area (Å²) in [5.74, 6) is 1.98. The Morgan fingerprint density at radius 3 is 2.74 bits per heavy atom. The molecule has 0 bridgehead atoms. The van der Waals surface area contributed by atoms with E-state index < -0.39 is 0 Å². The first-order chi connectivity index (χ1) is 9.24. The maximum absolute atomic E-state index is 6.16. The maximum Gasteiger partial charge on any atom is 0.128 e. The molecule has 0 aliphatic carbocycles. The smallest absolute Gasteiger partial charge is 0.128 e. The molecule has 1 aliphatic rings. The topological polar surface area (TPSA) is 28.2 Å². The first kappa shape index (κ1) is 14.6. The van der Waals surface area contributed by atoms with Gasteiger partial charge >= 0.3 is 0 Å².